The molecule has 2 heterocycles. The Balaban J connectivity index is 1.66. The average Bonchev–Trinajstić information content (AvgIpc) is 2.80. The van der Waals surface area contributed by atoms with Gasteiger partial charge in [0.25, 0.3) is 0 Å². The molecule has 92 valence electrons. The fraction of sp³-hybridized carbons (Fsp3) is 0.571. The molecule has 0 radical (unpaired) electrons. The van der Waals surface area contributed by atoms with E-state index in [1.807, 2.05) is 12.1 Å². The molecule has 1 aromatic carbocycles. The number of benzene rings is 1. The number of rotatable bonds is 1. The van der Waals surface area contributed by atoms with Crippen LogP contribution < -0.4 is 4.90 Å². The molecular weight excluding hydrogens is 215 g/mol. The third-order valence-corrected chi connectivity index (χ3v) is 4.40. The van der Waals surface area contributed by atoms with Crippen molar-refractivity contribution in [1.82, 2.24) is 0 Å². The van der Waals surface area contributed by atoms with Crippen LogP contribution in [-0.2, 0) is 0 Å². The number of nitrogens with zero attached hydrogens (tertiary/aromatic N) is 2. The molecule has 0 amide bonds. The number of anilines is 1. The van der Waals surface area contributed by atoms with E-state index in [0.717, 1.165) is 13.1 Å². The van der Waals surface area contributed by atoms with Crippen LogP contribution in [0.3, 0.4) is 0 Å². The molecule has 3 heteroatoms. The summed E-state index contributed by atoms with van der Waals surface area (Å²) in [4.78, 5) is 2.39. The van der Waals surface area contributed by atoms with E-state index >= 15 is 0 Å². The Labute approximate surface area is 102 Å². The predicted octanol–water partition coefficient (Wildman–Crippen LogP) is 2.26. The summed E-state index contributed by atoms with van der Waals surface area (Å²) in [7, 11) is 0. The molecule has 3 rings (SSSR count). The third kappa shape index (κ3) is 2.16. The second kappa shape index (κ2) is 4.30. The summed E-state index contributed by atoms with van der Waals surface area (Å²) < 4.78 is 14.2. The van der Waals surface area contributed by atoms with Crippen molar-refractivity contribution in [2.24, 2.45) is 0 Å². The van der Waals surface area contributed by atoms with Gasteiger partial charge < -0.3 is 9.38 Å². The molecule has 0 unspecified atom stereocenters. The van der Waals surface area contributed by atoms with Crippen LogP contribution in [0.4, 0.5) is 10.1 Å². The maximum absolute atomic E-state index is 12.9. The van der Waals surface area contributed by atoms with Gasteiger partial charge in [-0.1, -0.05) is 0 Å². The lowest BCUT2D eigenvalue weighted by atomic mass is 10.2. The topological polar surface area (TPSA) is 3.24 Å². The molecule has 0 N–H and O–H groups in total. The Hall–Kier alpha value is -1.09. The second-order valence-electron chi connectivity index (χ2n) is 5.41. The summed E-state index contributed by atoms with van der Waals surface area (Å²) in [5.74, 6) is -0.145. The van der Waals surface area contributed by atoms with Crippen molar-refractivity contribution in [3.05, 3.63) is 30.1 Å². The Morgan fingerprint density at radius 2 is 1.47 bits per heavy atom. The summed E-state index contributed by atoms with van der Waals surface area (Å²) in [6.45, 7) is 7.50. The van der Waals surface area contributed by atoms with Crippen LogP contribution in [0.25, 0.3) is 0 Å². The number of hydrogen-bond acceptors (Lipinski definition) is 1. The highest BCUT2D eigenvalue weighted by Gasteiger charge is 2.35. The third-order valence-electron chi connectivity index (χ3n) is 4.40. The monoisotopic (exact) mass is 235 g/mol. The molecule has 2 saturated heterocycles. The molecule has 0 atom stereocenters. The number of quaternary nitrogens is 1. The lowest BCUT2D eigenvalue weighted by Gasteiger charge is -2.42. The first-order valence-corrected chi connectivity index (χ1v) is 6.63. The van der Waals surface area contributed by atoms with Crippen molar-refractivity contribution in [2.45, 2.75) is 12.8 Å². The van der Waals surface area contributed by atoms with Gasteiger partial charge in [0.2, 0.25) is 0 Å². The van der Waals surface area contributed by atoms with Crippen molar-refractivity contribution in [3.63, 3.8) is 0 Å². The molecule has 17 heavy (non-hydrogen) atoms. The van der Waals surface area contributed by atoms with E-state index in [-0.39, 0.29) is 5.82 Å². The van der Waals surface area contributed by atoms with Crippen LogP contribution in [0.15, 0.2) is 24.3 Å². The Kier molecular flexibility index (Phi) is 2.79. The smallest absolute Gasteiger partial charge is 0.123 e. The lowest BCUT2D eigenvalue weighted by molar-refractivity contribution is -0.917. The largest absolute Gasteiger partial charge is 0.360 e. The molecule has 0 aliphatic carbocycles. The summed E-state index contributed by atoms with van der Waals surface area (Å²) in [6.07, 6.45) is 2.80. The highest BCUT2D eigenvalue weighted by atomic mass is 19.1. The second-order valence-corrected chi connectivity index (χ2v) is 5.41. The molecule has 2 nitrogen and oxygen atoms in total. The van der Waals surface area contributed by atoms with Gasteiger partial charge in [-0.3, -0.25) is 0 Å². The summed E-state index contributed by atoms with van der Waals surface area (Å²) in [5.41, 5.74) is 1.17. The fourth-order valence-corrected chi connectivity index (χ4v) is 3.25. The van der Waals surface area contributed by atoms with Crippen LogP contribution in [-0.4, -0.2) is 43.8 Å². The van der Waals surface area contributed by atoms with Crippen molar-refractivity contribution in [1.29, 1.82) is 0 Å². The van der Waals surface area contributed by atoms with E-state index in [2.05, 4.69) is 4.90 Å². The minimum atomic E-state index is -0.145. The average molecular weight is 235 g/mol. The lowest BCUT2D eigenvalue weighted by Crippen LogP contribution is -2.58. The first kappa shape index (κ1) is 11.0. The van der Waals surface area contributed by atoms with Gasteiger partial charge in [0.15, 0.2) is 0 Å². The summed E-state index contributed by atoms with van der Waals surface area (Å²) in [6, 6.07) is 6.91. The van der Waals surface area contributed by atoms with Crippen molar-refractivity contribution in [2.75, 3.05) is 44.2 Å². The molecule has 2 aliphatic heterocycles. The van der Waals surface area contributed by atoms with Crippen LogP contribution >= 0.6 is 0 Å². The standard InChI is InChI=1S/C14H20FN2/c15-13-3-5-14(6-4-13)16-7-11-17(12-8-16)9-1-2-10-17/h3-6H,1-2,7-12H2/q+1. The van der Waals surface area contributed by atoms with Gasteiger partial charge in [0.05, 0.1) is 39.3 Å². The minimum Gasteiger partial charge on any atom is -0.360 e. The first-order valence-electron chi connectivity index (χ1n) is 6.63. The van der Waals surface area contributed by atoms with E-state index < -0.39 is 0 Å². The van der Waals surface area contributed by atoms with E-state index in [4.69, 9.17) is 0 Å². The van der Waals surface area contributed by atoms with Gasteiger partial charge in [0.1, 0.15) is 5.82 Å². The fourth-order valence-electron chi connectivity index (χ4n) is 3.25. The molecule has 2 aliphatic rings. The number of hydrogen-bond donors (Lipinski definition) is 0. The Morgan fingerprint density at radius 3 is 2.06 bits per heavy atom. The first-order chi connectivity index (χ1) is 8.27. The van der Waals surface area contributed by atoms with E-state index in [0.29, 0.717) is 0 Å². The van der Waals surface area contributed by atoms with Crippen molar-refractivity contribution < 1.29 is 8.87 Å². The predicted molar refractivity (Wildman–Crippen MR) is 67.6 cm³/mol. The van der Waals surface area contributed by atoms with Crippen molar-refractivity contribution >= 4 is 5.69 Å². The molecule has 1 aromatic rings. The Morgan fingerprint density at radius 1 is 0.882 bits per heavy atom. The molecule has 0 bridgehead atoms. The maximum Gasteiger partial charge on any atom is 0.123 e. The zero-order valence-electron chi connectivity index (χ0n) is 10.2. The van der Waals surface area contributed by atoms with Crippen LogP contribution in [0.1, 0.15) is 12.8 Å². The van der Waals surface area contributed by atoms with Gasteiger partial charge in [-0.2, -0.15) is 0 Å². The van der Waals surface area contributed by atoms with Crippen LogP contribution in [0.5, 0.6) is 0 Å². The summed E-state index contributed by atoms with van der Waals surface area (Å²) in [5, 5.41) is 0. The molecule has 0 aromatic heterocycles. The van der Waals surface area contributed by atoms with Crippen LogP contribution in [0.2, 0.25) is 0 Å². The van der Waals surface area contributed by atoms with Gasteiger partial charge in [0, 0.05) is 18.5 Å². The normalized spacial score (nSPS) is 23.2. The molecule has 0 saturated carbocycles. The van der Waals surface area contributed by atoms with Gasteiger partial charge in [-0.05, 0) is 24.3 Å². The highest BCUT2D eigenvalue weighted by molar-refractivity contribution is 5.46. The number of piperazine rings is 1. The molecule has 1 spiro atoms. The van der Waals surface area contributed by atoms with Gasteiger partial charge >= 0.3 is 0 Å². The Bertz CT molecular complexity index is 372. The quantitative estimate of drug-likeness (QED) is 0.675. The van der Waals surface area contributed by atoms with E-state index in [1.165, 1.54) is 49.2 Å². The zero-order valence-corrected chi connectivity index (χ0v) is 10.2. The van der Waals surface area contributed by atoms with E-state index in [1.54, 1.807) is 12.1 Å². The van der Waals surface area contributed by atoms with Gasteiger partial charge in [-0.15, -0.1) is 0 Å². The summed E-state index contributed by atoms with van der Waals surface area (Å²) >= 11 is 0. The zero-order chi connectivity index (χ0) is 11.7. The molecule has 2 fully saturated rings. The van der Waals surface area contributed by atoms with Crippen molar-refractivity contribution in [3.8, 4) is 0 Å². The van der Waals surface area contributed by atoms with Gasteiger partial charge in [-0.25, -0.2) is 4.39 Å². The molecular formula is C14H20FN2+. The highest BCUT2D eigenvalue weighted by Crippen LogP contribution is 2.25. The van der Waals surface area contributed by atoms with Crippen LogP contribution in [0, 0.1) is 5.82 Å². The van der Waals surface area contributed by atoms with E-state index in [9.17, 15) is 4.39 Å². The minimum absolute atomic E-state index is 0.145. The SMILES string of the molecule is Fc1ccc(N2CC[N+]3(CCCC3)CC2)cc1. The maximum atomic E-state index is 12.9. The number of halogens is 1.